The first-order valence-electron chi connectivity index (χ1n) is 3.54. The number of anilines is 1. The molecule has 0 saturated carbocycles. The minimum absolute atomic E-state index is 0.705. The molecule has 3 N–H and O–H groups in total. The highest BCUT2D eigenvalue weighted by Crippen LogP contribution is 2.27. The second kappa shape index (κ2) is 3.79. The van der Waals surface area contributed by atoms with Crippen molar-refractivity contribution >= 4 is 21.6 Å². The van der Waals surface area contributed by atoms with E-state index in [-0.39, 0.29) is 0 Å². The standard InChI is InChI=1S/C6H6FN3O4S/c7-4-2-1-3-5(10(11)12)6(4)9-15(8,13)14/h1-3,9H,(H2,8,13,14). The fourth-order valence-corrected chi connectivity index (χ4v) is 1.39. The second-order valence-electron chi connectivity index (χ2n) is 2.54. The van der Waals surface area contributed by atoms with Crippen molar-refractivity contribution in [3.05, 3.63) is 34.1 Å². The molecular formula is C6H6FN3O4S. The van der Waals surface area contributed by atoms with Crippen molar-refractivity contribution in [2.24, 2.45) is 5.14 Å². The van der Waals surface area contributed by atoms with Crippen LogP contribution in [0, 0.1) is 15.9 Å². The maximum Gasteiger partial charge on any atom is 0.296 e. The van der Waals surface area contributed by atoms with E-state index < -0.39 is 32.3 Å². The molecule has 0 unspecified atom stereocenters. The molecule has 7 nitrogen and oxygen atoms in total. The molecule has 0 heterocycles. The van der Waals surface area contributed by atoms with Crippen LogP contribution < -0.4 is 9.86 Å². The van der Waals surface area contributed by atoms with Gasteiger partial charge in [-0.2, -0.15) is 8.42 Å². The maximum absolute atomic E-state index is 13.1. The van der Waals surface area contributed by atoms with Crippen molar-refractivity contribution in [3.8, 4) is 0 Å². The van der Waals surface area contributed by atoms with Crippen molar-refractivity contribution in [1.82, 2.24) is 0 Å². The Bertz CT molecular complexity index is 501. The van der Waals surface area contributed by atoms with Crippen molar-refractivity contribution in [2.75, 3.05) is 4.72 Å². The molecule has 0 bridgehead atoms. The number of nitro benzene ring substituents is 1. The maximum atomic E-state index is 13.1. The molecule has 0 aliphatic rings. The topological polar surface area (TPSA) is 115 Å². The highest BCUT2D eigenvalue weighted by atomic mass is 32.2. The summed E-state index contributed by atoms with van der Waals surface area (Å²) in [7, 11) is -4.25. The minimum Gasteiger partial charge on any atom is -0.262 e. The van der Waals surface area contributed by atoms with E-state index in [1.165, 1.54) is 4.72 Å². The van der Waals surface area contributed by atoms with E-state index in [0.717, 1.165) is 18.2 Å². The summed E-state index contributed by atoms with van der Waals surface area (Å²) in [5, 5.41) is 15.0. The fourth-order valence-electron chi connectivity index (χ4n) is 0.908. The number of nitrogens with two attached hydrogens (primary N) is 1. The molecule has 0 fully saturated rings. The van der Waals surface area contributed by atoms with E-state index in [9.17, 15) is 22.9 Å². The van der Waals surface area contributed by atoms with Gasteiger partial charge in [0.1, 0.15) is 0 Å². The summed E-state index contributed by atoms with van der Waals surface area (Å²) in [5.74, 6) is -1.07. The van der Waals surface area contributed by atoms with Gasteiger partial charge >= 0.3 is 0 Å². The predicted octanol–water partition coefficient (Wildman–Crippen LogP) is 0.349. The van der Waals surface area contributed by atoms with Gasteiger partial charge in [-0.05, 0) is 6.07 Å². The molecule has 9 heteroatoms. The average Bonchev–Trinajstić information content (AvgIpc) is 2.05. The van der Waals surface area contributed by atoms with Crippen molar-refractivity contribution in [1.29, 1.82) is 0 Å². The van der Waals surface area contributed by atoms with E-state index in [0.29, 0.717) is 0 Å². The quantitative estimate of drug-likeness (QED) is 0.580. The molecule has 1 rings (SSSR count). The van der Waals surface area contributed by atoms with Crippen LogP contribution in [0.4, 0.5) is 15.8 Å². The number of para-hydroxylation sites is 1. The number of hydrogen-bond donors (Lipinski definition) is 2. The third-order valence-corrected chi connectivity index (χ3v) is 1.92. The number of nitro groups is 1. The first-order chi connectivity index (χ1) is 6.81. The molecule has 1 aromatic carbocycles. The van der Waals surface area contributed by atoms with Gasteiger partial charge in [-0.3, -0.25) is 14.8 Å². The molecular weight excluding hydrogens is 229 g/mol. The van der Waals surface area contributed by atoms with E-state index >= 15 is 0 Å². The fraction of sp³-hybridized carbons (Fsp3) is 0. The molecule has 0 saturated heterocycles. The number of nitrogens with zero attached hydrogens (tertiary/aromatic N) is 1. The molecule has 0 aromatic heterocycles. The molecule has 1 aromatic rings. The Labute approximate surface area is 84.0 Å². The first-order valence-corrected chi connectivity index (χ1v) is 5.09. The van der Waals surface area contributed by atoms with Crippen LogP contribution in [0.25, 0.3) is 0 Å². The van der Waals surface area contributed by atoms with Gasteiger partial charge in [-0.25, -0.2) is 9.53 Å². The van der Waals surface area contributed by atoms with Crippen LogP contribution in [0.2, 0.25) is 0 Å². The lowest BCUT2D eigenvalue weighted by Crippen LogP contribution is -2.23. The highest BCUT2D eigenvalue weighted by Gasteiger charge is 2.20. The lowest BCUT2D eigenvalue weighted by molar-refractivity contribution is -0.384. The Morgan fingerprint density at radius 2 is 2.07 bits per heavy atom. The van der Waals surface area contributed by atoms with Gasteiger partial charge in [0.25, 0.3) is 15.9 Å². The van der Waals surface area contributed by atoms with Crippen LogP contribution in [0.15, 0.2) is 18.2 Å². The Kier molecular flexibility index (Phi) is 2.86. The summed E-state index contributed by atoms with van der Waals surface area (Å²) < 4.78 is 35.8. The summed E-state index contributed by atoms with van der Waals surface area (Å²) in [6.45, 7) is 0. The van der Waals surface area contributed by atoms with Gasteiger partial charge in [0, 0.05) is 6.07 Å². The van der Waals surface area contributed by atoms with Gasteiger partial charge in [-0.1, -0.05) is 6.07 Å². The van der Waals surface area contributed by atoms with Gasteiger partial charge < -0.3 is 0 Å². The van der Waals surface area contributed by atoms with Crippen LogP contribution in [0.1, 0.15) is 0 Å². The first kappa shape index (κ1) is 11.3. The summed E-state index contributed by atoms with van der Waals surface area (Å²) in [6.07, 6.45) is 0. The Balaban J connectivity index is 3.32. The van der Waals surface area contributed by atoms with Gasteiger partial charge in [-0.15, -0.1) is 0 Å². The third-order valence-electron chi connectivity index (χ3n) is 1.43. The van der Waals surface area contributed by atoms with Gasteiger partial charge in [0.2, 0.25) is 0 Å². The normalized spacial score (nSPS) is 11.1. The lowest BCUT2D eigenvalue weighted by Gasteiger charge is -2.04. The monoisotopic (exact) mass is 235 g/mol. The Hall–Kier alpha value is -1.74. The molecule has 0 aliphatic carbocycles. The zero-order valence-electron chi connectivity index (χ0n) is 7.18. The Morgan fingerprint density at radius 1 is 1.47 bits per heavy atom. The molecule has 0 atom stereocenters. The van der Waals surface area contributed by atoms with Crippen LogP contribution in [-0.4, -0.2) is 13.3 Å². The molecule has 0 amide bonds. The molecule has 0 spiro atoms. The van der Waals surface area contributed by atoms with Crippen molar-refractivity contribution in [3.63, 3.8) is 0 Å². The van der Waals surface area contributed by atoms with E-state index in [1.54, 1.807) is 0 Å². The second-order valence-corrected chi connectivity index (χ2v) is 3.83. The third kappa shape index (κ3) is 2.86. The average molecular weight is 235 g/mol. The zero-order chi connectivity index (χ0) is 11.6. The van der Waals surface area contributed by atoms with Crippen LogP contribution >= 0.6 is 0 Å². The molecule has 82 valence electrons. The van der Waals surface area contributed by atoms with E-state index in [1.807, 2.05) is 0 Å². The lowest BCUT2D eigenvalue weighted by atomic mass is 10.2. The number of halogens is 1. The highest BCUT2D eigenvalue weighted by molar-refractivity contribution is 7.90. The van der Waals surface area contributed by atoms with E-state index in [4.69, 9.17) is 0 Å². The van der Waals surface area contributed by atoms with E-state index in [2.05, 4.69) is 5.14 Å². The molecule has 0 radical (unpaired) electrons. The van der Waals surface area contributed by atoms with Crippen LogP contribution in [0.5, 0.6) is 0 Å². The SMILES string of the molecule is NS(=O)(=O)Nc1c(F)cccc1[N+](=O)[O-]. The molecule has 0 aliphatic heterocycles. The smallest absolute Gasteiger partial charge is 0.262 e. The number of rotatable bonds is 3. The predicted molar refractivity (Wildman–Crippen MR) is 49.8 cm³/mol. The van der Waals surface area contributed by atoms with Crippen LogP contribution in [-0.2, 0) is 10.2 Å². The van der Waals surface area contributed by atoms with Crippen molar-refractivity contribution < 1.29 is 17.7 Å². The zero-order valence-corrected chi connectivity index (χ0v) is 7.99. The van der Waals surface area contributed by atoms with Gasteiger partial charge in [0.05, 0.1) is 4.92 Å². The summed E-state index contributed by atoms with van der Waals surface area (Å²) in [6, 6.07) is 2.92. The summed E-state index contributed by atoms with van der Waals surface area (Å²) >= 11 is 0. The largest absolute Gasteiger partial charge is 0.296 e. The minimum atomic E-state index is -4.25. The Morgan fingerprint density at radius 3 is 2.53 bits per heavy atom. The van der Waals surface area contributed by atoms with Gasteiger partial charge in [0.15, 0.2) is 11.5 Å². The summed E-state index contributed by atoms with van der Waals surface area (Å²) in [4.78, 5) is 9.50. The number of hydrogen-bond acceptors (Lipinski definition) is 4. The molecule has 15 heavy (non-hydrogen) atoms. The number of benzene rings is 1. The summed E-state index contributed by atoms with van der Waals surface area (Å²) in [5.41, 5.74) is -1.48. The number of nitrogens with one attached hydrogen (secondary N) is 1. The van der Waals surface area contributed by atoms with Crippen LogP contribution in [0.3, 0.4) is 0 Å². The van der Waals surface area contributed by atoms with Crippen molar-refractivity contribution in [2.45, 2.75) is 0 Å².